The summed E-state index contributed by atoms with van der Waals surface area (Å²) in [6, 6.07) is 12.2. The van der Waals surface area contributed by atoms with E-state index in [-0.39, 0.29) is 10.5 Å². The topological polar surface area (TPSA) is 73.6 Å². The van der Waals surface area contributed by atoms with E-state index in [4.69, 9.17) is 9.15 Å². The molecule has 23 heavy (non-hydrogen) atoms. The van der Waals surface area contributed by atoms with Crippen LogP contribution in [0.3, 0.4) is 0 Å². The molecule has 0 aliphatic carbocycles. The van der Waals surface area contributed by atoms with Crippen molar-refractivity contribution in [3.8, 4) is 5.75 Å². The van der Waals surface area contributed by atoms with Gasteiger partial charge in [-0.15, -0.1) is 0 Å². The molecule has 5 nitrogen and oxygen atoms in total. The summed E-state index contributed by atoms with van der Waals surface area (Å²) in [5.41, 5.74) is -0.641. The van der Waals surface area contributed by atoms with Gasteiger partial charge in [0.05, 0.1) is 12.0 Å². The maximum Gasteiger partial charge on any atom is 0.355 e. The van der Waals surface area contributed by atoms with Crippen molar-refractivity contribution in [2.24, 2.45) is 0 Å². The first-order valence-electron chi connectivity index (χ1n) is 6.54. The molecule has 0 amide bonds. The van der Waals surface area contributed by atoms with Gasteiger partial charge in [-0.25, -0.2) is 13.2 Å². The van der Waals surface area contributed by atoms with E-state index in [1.807, 2.05) is 0 Å². The van der Waals surface area contributed by atoms with Crippen LogP contribution in [0, 0.1) is 0 Å². The number of rotatable bonds is 3. The monoisotopic (exact) mass is 394 g/mol. The predicted octanol–water partition coefficient (Wildman–Crippen LogP) is 3.40. The van der Waals surface area contributed by atoms with Gasteiger partial charge in [-0.05, 0) is 42.5 Å². The summed E-state index contributed by atoms with van der Waals surface area (Å²) in [5, 5.41) is 0.501. The first-order chi connectivity index (χ1) is 10.9. The van der Waals surface area contributed by atoms with Gasteiger partial charge >= 0.3 is 5.63 Å². The smallest absolute Gasteiger partial charge is 0.355 e. The van der Waals surface area contributed by atoms with Gasteiger partial charge in [-0.1, -0.05) is 15.9 Å². The van der Waals surface area contributed by atoms with Gasteiger partial charge in [0.15, 0.2) is 4.90 Å². The van der Waals surface area contributed by atoms with E-state index in [1.165, 1.54) is 31.4 Å². The first kappa shape index (κ1) is 15.8. The van der Waals surface area contributed by atoms with Crippen LogP contribution in [-0.4, -0.2) is 15.5 Å². The molecule has 0 aliphatic heterocycles. The summed E-state index contributed by atoms with van der Waals surface area (Å²) < 4.78 is 36.2. The lowest BCUT2D eigenvalue weighted by atomic mass is 10.2. The normalized spacial score (nSPS) is 11.6. The Morgan fingerprint density at radius 1 is 1.04 bits per heavy atom. The van der Waals surface area contributed by atoms with Crippen LogP contribution >= 0.6 is 15.9 Å². The van der Waals surface area contributed by atoms with Crippen molar-refractivity contribution < 1.29 is 17.6 Å². The quantitative estimate of drug-likeness (QED) is 0.636. The third kappa shape index (κ3) is 2.89. The Hall–Kier alpha value is -2.12. The molecular formula is C16H11BrO5S. The molecule has 7 heteroatoms. The van der Waals surface area contributed by atoms with Gasteiger partial charge in [0, 0.05) is 15.9 Å². The predicted molar refractivity (Wildman–Crippen MR) is 88.6 cm³/mol. The van der Waals surface area contributed by atoms with Gasteiger partial charge in [0.25, 0.3) is 0 Å². The number of fused-ring (bicyclic) bond motifs is 1. The van der Waals surface area contributed by atoms with E-state index in [2.05, 4.69) is 15.9 Å². The molecule has 0 unspecified atom stereocenters. The van der Waals surface area contributed by atoms with Crippen LogP contribution in [0.1, 0.15) is 0 Å². The highest BCUT2D eigenvalue weighted by molar-refractivity contribution is 9.10. The minimum absolute atomic E-state index is 0.0286. The zero-order valence-corrected chi connectivity index (χ0v) is 14.3. The fraction of sp³-hybridized carbons (Fsp3) is 0.0625. The average molecular weight is 395 g/mol. The van der Waals surface area contributed by atoms with E-state index in [1.54, 1.807) is 24.3 Å². The molecule has 1 heterocycles. The molecule has 3 aromatic rings. The van der Waals surface area contributed by atoms with Gasteiger partial charge in [-0.3, -0.25) is 0 Å². The summed E-state index contributed by atoms with van der Waals surface area (Å²) in [6.45, 7) is 0. The van der Waals surface area contributed by atoms with E-state index in [0.29, 0.717) is 11.1 Å². The first-order valence-corrected chi connectivity index (χ1v) is 8.82. The second-order valence-electron chi connectivity index (χ2n) is 4.76. The fourth-order valence-electron chi connectivity index (χ4n) is 2.13. The maximum absolute atomic E-state index is 12.6. The maximum atomic E-state index is 12.6. The van der Waals surface area contributed by atoms with Crippen molar-refractivity contribution >= 4 is 36.7 Å². The van der Waals surface area contributed by atoms with E-state index < -0.39 is 20.4 Å². The Kier molecular flexibility index (Phi) is 3.99. The highest BCUT2D eigenvalue weighted by atomic mass is 79.9. The van der Waals surface area contributed by atoms with Crippen LogP contribution in [0.2, 0.25) is 0 Å². The summed E-state index contributed by atoms with van der Waals surface area (Å²) in [4.78, 5) is 11.8. The van der Waals surface area contributed by atoms with Gasteiger partial charge in [-0.2, -0.15) is 0 Å². The van der Waals surface area contributed by atoms with Gasteiger partial charge < -0.3 is 9.15 Å². The lowest BCUT2D eigenvalue weighted by molar-refractivity contribution is 0.414. The number of halogens is 1. The van der Waals surface area contributed by atoms with E-state index >= 15 is 0 Å². The van der Waals surface area contributed by atoms with Gasteiger partial charge in [0.1, 0.15) is 11.3 Å². The third-order valence-electron chi connectivity index (χ3n) is 3.32. The van der Waals surface area contributed by atoms with E-state index in [0.717, 1.165) is 4.47 Å². The Bertz CT molecular complexity index is 1040. The molecule has 3 rings (SSSR count). The minimum Gasteiger partial charge on any atom is -0.497 e. The zero-order valence-electron chi connectivity index (χ0n) is 11.9. The van der Waals surface area contributed by atoms with Crippen LogP contribution in [-0.2, 0) is 9.84 Å². The lowest BCUT2D eigenvalue weighted by Crippen LogP contribution is -2.14. The Labute approximate surface area is 140 Å². The highest BCUT2D eigenvalue weighted by Crippen LogP contribution is 2.25. The molecule has 0 atom stereocenters. The molecule has 0 saturated carbocycles. The molecule has 0 fully saturated rings. The third-order valence-corrected chi connectivity index (χ3v) is 5.61. The summed E-state index contributed by atoms with van der Waals surface area (Å²) in [7, 11) is -2.46. The van der Waals surface area contributed by atoms with E-state index in [9.17, 15) is 13.2 Å². The molecule has 0 bridgehead atoms. The molecule has 0 aliphatic rings. The lowest BCUT2D eigenvalue weighted by Gasteiger charge is -2.06. The second-order valence-corrected chi connectivity index (χ2v) is 7.59. The molecule has 0 N–H and O–H groups in total. The summed E-state index contributed by atoms with van der Waals surface area (Å²) in [6.07, 6.45) is 0. The molecule has 0 saturated heterocycles. The van der Waals surface area contributed by atoms with Crippen LogP contribution in [0.5, 0.6) is 5.75 Å². The fourth-order valence-corrected chi connectivity index (χ4v) is 3.68. The highest BCUT2D eigenvalue weighted by Gasteiger charge is 2.23. The van der Waals surface area contributed by atoms with Crippen molar-refractivity contribution in [3.63, 3.8) is 0 Å². The number of ether oxygens (including phenoxy) is 1. The molecule has 1 aromatic heterocycles. The number of hydrogen-bond donors (Lipinski definition) is 0. The SMILES string of the molecule is COc1ccc2cc(S(=O)(=O)c3ccc(Br)cc3)c(=O)oc2c1. The molecule has 2 aromatic carbocycles. The number of sulfone groups is 1. The van der Waals surface area contributed by atoms with Crippen LogP contribution < -0.4 is 10.4 Å². The van der Waals surface area contributed by atoms with Crippen LogP contribution in [0.15, 0.2) is 72.0 Å². The zero-order chi connectivity index (χ0) is 16.6. The van der Waals surface area contributed by atoms with Crippen LogP contribution in [0.25, 0.3) is 11.0 Å². The van der Waals surface area contributed by atoms with Crippen molar-refractivity contribution in [2.75, 3.05) is 7.11 Å². The Morgan fingerprint density at radius 2 is 1.74 bits per heavy atom. The van der Waals surface area contributed by atoms with Crippen molar-refractivity contribution in [2.45, 2.75) is 9.79 Å². The number of hydrogen-bond acceptors (Lipinski definition) is 5. The summed E-state index contributed by atoms with van der Waals surface area (Å²) >= 11 is 3.24. The minimum atomic E-state index is -3.95. The molecule has 0 spiro atoms. The average Bonchev–Trinajstić information content (AvgIpc) is 2.53. The standard InChI is InChI=1S/C16H11BrO5S/c1-21-12-5-2-10-8-15(16(18)22-14(10)9-12)23(19,20)13-6-3-11(17)4-7-13/h2-9H,1H3. The van der Waals surface area contributed by atoms with Crippen molar-refractivity contribution in [3.05, 3.63) is 63.4 Å². The second kappa shape index (κ2) is 5.82. The van der Waals surface area contributed by atoms with Crippen molar-refractivity contribution in [1.82, 2.24) is 0 Å². The number of methoxy groups -OCH3 is 1. The van der Waals surface area contributed by atoms with Gasteiger partial charge in [0.2, 0.25) is 9.84 Å². The molecule has 0 radical (unpaired) electrons. The summed E-state index contributed by atoms with van der Waals surface area (Å²) in [5.74, 6) is 0.518. The molecular weight excluding hydrogens is 384 g/mol. The largest absolute Gasteiger partial charge is 0.497 e. The van der Waals surface area contributed by atoms with Crippen molar-refractivity contribution in [1.29, 1.82) is 0 Å². The Balaban J connectivity index is 2.21. The number of benzene rings is 2. The Morgan fingerprint density at radius 3 is 2.39 bits per heavy atom. The molecule has 118 valence electrons. The van der Waals surface area contributed by atoms with Crippen LogP contribution in [0.4, 0.5) is 0 Å².